The molecule has 1 N–H and O–H groups in total. The second-order valence-electron chi connectivity index (χ2n) is 5.88. The minimum atomic E-state index is -7.29. The van der Waals surface area contributed by atoms with Crippen molar-refractivity contribution >= 4 is 34.2 Å². The van der Waals surface area contributed by atoms with E-state index in [2.05, 4.69) is 9.47 Å². The molecule has 1 amide bonds. The Balaban J connectivity index is 3.49. The summed E-state index contributed by atoms with van der Waals surface area (Å²) < 4.78 is 127. The summed E-state index contributed by atoms with van der Waals surface area (Å²) >= 11 is 0.0612. The van der Waals surface area contributed by atoms with Gasteiger partial charge in [-0.15, -0.1) is 11.3 Å². The number of hydrogen-bond donors (Lipinski definition) is 1. The highest BCUT2D eigenvalue weighted by Crippen LogP contribution is 2.53. The smallest absolute Gasteiger partial charge is 0.460 e. The standard InChI is InChI=1S/C16H14F9NO5S/c1-4-30-10(27)7-6(3)8(11(28)31-5-2)32-9(7)26-12(29)13(17,18)14(19,20)15(21,22)16(23,24)25/h4-5H2,1-3H3,(H,26,29). The Bertz CT molecular complexity index is 895. The Morgan fingerprint density at radius 2 is 1.31 bits per heavy atom. The van der Waals surface area contributed by atoms with Gasteiger partial charge in [-0.2, -0.15) is 39.5 Å². The van der Waals surface area contributed by atoms with Crippen LogP contribution in [0.3, 0.4) is 0 Å². The molecule has 0 aliphatic rings. The van der Waals surface area contributed by atoms with Crippen molar-refractivity contribution in [1.82, 2.24) is 0 Å². The number of nitrogens with one attached hydrogen (secondary N) is 1. The fourth-order valence-electron chi connectivity index (χ4n) is 2.14. The first-order chi connectivity index (χ1) is 14.4. The normalized spacial score (nSPS) is 13.0. The lowest BCUT2D eigenvalue weighted by molar-refractivity contribution is -0.388. The van der Waals surface area contributed by atoms with Gasteiger partial charge in [0.05, 0.1) is 18.8 Å². The third kappa shape index (κ3) is 4.63. The van der Waals surface area contributed by atoms with Crippen molar-refractivity contribution in [3.8, 4) is 0 Å². The van der Waals surface area contributed by atoms with Gasteiger partial charge in [-0.1, -0.05) is 0 Å². The van der Waals surface area contributed by atoms with E-state index in [0.717, 1.165) is 12.2 Å². The van der Waals surface area contributed by atoms with Crippen LogP contribution in [0.2, 0.25) is 0 Å². The third-order valence-corrected chi connectivity index (χ3v) is 4.93. The van der Waals surface area contributed by atoms with Gasteiger partial charge < -0.3 is 14.8 Å². The molecule has 0 unspecified atom stereocenters. The highest BCUT2D eigenvalue weighted by atomic mass is 32.1. The van der Waals surface area contributed by atoms with Gasteiger partial charge in [-0.25, -0.2) is 9.59 Å². The topological polar surface area (TPSA) is 81.7 Å². The molecule has 0 saturated carbocycles. The summed E-state index contributed by atoms with van der Waals surface area (Å²) in [6, 6.07) is 0. The van der Waals surface area contributed by atoms with E-state index in [1.807, 2.05) is 0 Å². The molecular formula is C16H14F9NO5S. The summed E-state index contributed by atoms with van der Waals surface area (Å²) in [6.07, 6.45) is -7.12. The molecule has 1 heterocycles. The number of esters is 2. The van der Waals surface area contributed by atoms with E-state index in [4.69, 9.17) is 0 Å². The van der Waals surface area contributed by atoms with Crippen LogP contribution >= 0.6 is 11.3 Å². The summed E-state index contributed by atoms with van der Waals surface area (Å²) in [7, 11) is 0. The van der Waals surface area contributed by atoms with Crippen LogP contribution in [-0.2, 0) is 14.3 Å². The average molecular weight is 503 g/mol. The summed E-state index contributed by atoms with van der Waals surface area (Å²) in [6.45, 7) is 3.25. The summed E-state index contributed by atoms with van der Waals surface area (Å²) in [4.78, 5) is 35.2. The number of hydrogen-bond acceptors (Lipinski definition) is 6. The maximum absolute atomic E-state index is 13.8. The SMILES string of the molecule is CCOC(=O)c1sc(NC(=O)C(F)(F)C(F)(F)C(F)(F)C(F)(F)F)c(C(=O)OCC)c1C. The molecule has 0 fully saturated rings. The summed E-state index contributed by atoms with van der Waals surface area (Å²) in [5.41, 5.74) is -1.09. The van der Waals surface area contributed by atoms with Gasteiger partial charge in [0.15, 0.2) is 0 Å². The molecule has 1 aromatic heterocycles. The zero-order valence-corrected chi connectivity index (χ0v) is 17.1. The molecule has 182 valence electrons. The molecule has 32 heavy (non-hydrogen) atoms. The lowest BCUT2D eigenvalue weighted by Crippen LogP contribution is -2.64. The highest BCUT2D eigenvalue weighted by Gasteiger charge is 2.83. The number of rotatable bonds is 8. The monoisotopic (exact) mass is 503 g/mol. The molecule has 0 aromatic carbocycles. The second kappa shape index (κ2) is 9.15. The number of carbonyl (C=O) groups is 3. The third-order valence-electron chi connectivity index (χ3n) is 3.74. The van der Waals surface area contributed by atoms with E-state index < -0.39 is 57.2 Å². The van der Waals surface area contributed by atoms with Gasteiger partial charge in [0.1, 0.15) is 9.88 Å². The van der Waals surface area contributed by atoms with Gasteiger partial charge in [0.25, 0.3) is 0 Å². The van der Waals surface area contributed by atoms with E-state index in [1.165, 1.54) is 13.8 Å². The number of amides is 1. The van der Waals surface area contributed by atoms with E-state index in [-0.39, 0.29) is 30.1 Å². The van der Waals surface area contributed by atoms with Crippen LogP contribution in [0.25, 0.3) is 0 Å². The Kier molecular flexibility index (Phi) is 7.87. The molecule has 0 spiro atoms. The van der Waals surface area contributed by atoms with E-state index in [0.29, 0.717) is 0 Å². The molecule has 0 aliphatic carbocycles. The maximum atomic E-state index is 13.8. The number of ether oxygens (including phenoxy) is 2. The van der Waals surface area contributed by atoms with Crippen LogP contribution in [0.15, 0.2) is 0 Å². The molecule has 0 atom stereocenters. The van der Waals surface area contributed by atoms with Crippen LogP contribution in [0.5, 0.6) is 0 Å². The van der Waals surface area contributed by atoms with Crippen molar-refractivity contribution in [2.75, 3.05) is 18.5 Å². The molecule has 1 rings (SSSR count). The number of thiophene rings is 1. The molecular weight excluding hydrogens is 489 g/mol. The predicted molar refractivity (Wildman–Crippen MR) is 90.5 cm³/mol. The number of anilines is 1. The van der Waals surface area contributed by atoms with Crippen LogP contribution in [0.4, 0.5) is 44.5 Å². The van der Waals surface area contributed by atoms with Crippen molar-refractivity contribution in [3.05, 3.63) is 16.0 Å². The predicted octanol–water partition coefficient (Wildman–Crippen LogP) is 4.82. The van der Waals surface area contributed by atoms with E-state index in [9.17, 15) is 53.9 Å². The van der Waals surface area contributed by atoms with E-state index in [1.54, 1.807) is 0 Å². The second-order valence-corrected chi connectivity index (χ2v) is 6.90. The molecule has 0 saturated heterocycles. The van der Waals surface area contributed by atoms with Crippen molar-refractivity contribution in [2.24, 2.45) is 0 Å². The van der Waals surface area contributed by atoms with Crippen LogP contribution in [-0.4, -0.2) is 55.0 Å². The van der Waals surface area contributed by atoms with Gasteiger partial charge in [-0.05, 0) is 26.3 Å². The summed E-state index contributed by atoms with van der Waals surface area (Å²) in [5.74, 6) is -26.8. The first-order valence-electron chi connectivity index (χ1n) is 8.37. The van der Waals surface area contributed by atoms with Crippen LogP contribution < -0.4 is 5.32 Å². The first-order valence-corrected chi connectivity index (χ1v) is 9.19. The minimum absolute atomic E-state index is 0.0612. The summed E-state index contributed by atoms with van der Waals surface area (Å²) in [5, 5.41) is -0.00967. The molecule has 0 aliphatic heterocycles. The van der Waals surface area contributed by atoms with Crippen molar-refractivity contribution in [3.63, 3.8) is 0 Å². The molecule has 6 nitrogen and oxygen atoms in total. The molecule has 0 radical (unpaired) electrons. The zero-order valence-electron chi connectivity index (χ0n) is 16.3. The molecule has 16 heteroatoms. The number of alkyl halides is 9. The van der Waals surface area contributed by atoms with Gasteiger partial charge in [0, 0.05) is 0 Å². The highest BCUT2D eigenvalue weighted by molar-refractivity contribution is 7.18. The lowest BCUT2D eigenvalue weighted by Gasteiger charge is -2.32. The lowest BCUT2D eigenvalue weighted by atomic mass is 10.0. The van der Waals surface area contributed by atoms with Crippen molar-refractivity contribution < 1.29 is 63.4 Å². The van der Waals surface area contributed by atoms with Gasteiger partial charge in [-0.3, -0.25) is 4.79 Å². The van der Waals surface area contributed by atoms with Gasteiger partial charge in [0.2, 0.25) is 0 Å². The minimum Gasteiger partial charge on any atom is -0.462 e. The van der Waals surface area contributed by atoms with Crippen LogP contribution in [0, 0.1) is 6.92 Å². The Hall–Kier alpha value is -2.52. The van der Waals surface area contributed by atoms with Crippen molar-refractivity contribution in [1.29, 1.82) is 0 Å². The quantitative estimate of drug-likeness (QED) is 0.407. The molecule has 0 bridgehead atoms. The first kappa shape index (κ1) is 27.5. The fourth-order valence-corrected chi connectivity index (χ4v) is 3.23. The van der Waals surface area contributed by atoms with Crippen LogP contribution in [0.1, 0.15) is 39.4 Å². The molecule has 1 aromatic rings. The Labute approximate surface area is 177 Å². The average Bonchev–Trinajstić information content (AvgIpc) is 2.96. The van der Waals surface area contributed by atoms with Gasteiger partial charge >= 0.3 is 41.8 Å². The zero-order chi connectivity index (χ0) is 25.3. The largest absolute Gasteiger partial charge is 0.462 e. The number of carbonyl (C=O) groups excluding carboxylic acids is 3. The fraction of sp³-hybridized carbons (Fsp3) is 0.562. The maximum Gasteiger partial charge on any atom is 0.460 e. The Morgan fingerprint density at radius 1 is 0.844 bits per heavy atom. The number of halogens is 9. The Morgan fingerprint density at radius 3 is 1.75 bits per heavy atom. The van der Waals surface area contributed by atoms with E-state index >= 15 is 0 Å². The van der Waals surface area contributed by atoms with Crippen molar-refractivity contribution in [2.45, 2.75) is 44.7 Å².